The summed E-state index contributed by atoms with van der Waals surface area (Å²) in [6, 6.07) is 10.7. The van der Waals surface area contributed by atoms with Crippen molar-refractivity contribution in [2.24, 2.45) is 11.8 Å². The fourth-order valence-electron chi connectivity index (χ4n) is 5.28. The molecule has 30 heavy (non-hydrogen) atoms. The molecule has 160 valence electrons. The average molecular weight is 412 g/mol. The first-order chi connectivity index (χ1) is 14.6. The highest BCUT2D eigenvalue weighted by molar-refractivity contribution is 5.77. The van der Waals surface area contributed by atoms with Gasteiger partial charge in [-0.2, -0.15) is 0 Å². The molecule has 0 spiro atoms. The molecule has 1 fully saturated rings. The molecule has 2 aliphatic heterocycles. The lowest BCUT2D eigenvalue weighted by Gasteiger charge is -2.29. The Hall–Kier alpha value is -2.64. The van der Waals surface area contributed by atoms with Gasteiger partial charge in [0.2, 0.25) is 0 Å². The van der Waals surface area contributed by atoms with Crippen LogP contribution < -0.4 is 10.3 Å². The Morgan fingerprint density at radius 3 is 2.60 bits per heavy atom. The van der Waals surface area contributed by atoms with Gasteiger partial charge in [0.05, 0.1) is 25.8 Å². The van der Waals surface area contributed by atoms with E-state index in [1.54, 1.807) is 11.7 Å². The summed E-state index contributed by atoms with van der Waals surface area (Å²) in [6.07, 6.45) is 0.860. The summed E-state index contributed by atoms with van der Waals surface area (Å²) in [5, 5.41) is 10.1. The Balaban J connectivity index is 1.81. The summed E-state index contributed by atoms with van der Waals surface area (Å²) in [4.78, 5) is 28.1. The van der Waals surface area contributed by atoms with Gasteiger partial charge in [-0.1, -0.05) is 25.1 Å². The Morgan fingerprint density at radius 2 is 1.93 bits per heavy atom. The average Bonchev–Trinajstić information content (AvgIpc) is 3.29. The first-order valence-corrected chi connectivity index (χ1v) is 10.4. The van der Waals surface area contributed by atoms with E-state index in [9.17, 15) is 14.7 Å². The zero-order valence-corrected chi connectivity index (χ0v) is 17.6. The highest BCUT2D eigenvalue weighted by atomic mass is 16.5. The lowest BCUT2D eigenvalue weighted by atomic mass is 9.88. The van der Waals surface area contributed by atoms with Crippen LogP contribution in [-0.4, -0.2) is 54.0 Å². The summed E-state index contributed by atoms with van der Waals surface area (Å²) < 4.78 is 12.3. The standard InChI is InChI=1S/C23H28N2O5/c1-4-11-24-20-16(17(13-26)21(24)23(28)30-3)12-25-18(20)10-9-15(22(25)27)14-7-5-6-8-19(14)29-2/h5-10,16-17,20-21,26H,4,11-13H2,1-3H3/t16-,17-,20+,21-/m0/s1. The van der Waals surface area contributed by atoms with Crippen molar-refractivity contribution in [2.45, 2.75) is 32.0 Å². The summed E-state index contributed by atoms with van der Waals surface area (Å²) in [5.74, 6) is 0.0330. The predicted molar refractivity (Wildman–Crippen MR) is 112 cm³/mol. The molecule has 1 saturated heterocycles. The molecular formula is C23H28N2O5. The molecule has 0 amide bonds. The first-order valence-electron chi connectivity index (χ1n) is 10.4. The van der Waals surface area contributed by atoms with Crippen molar-refractivity contribution < 1.29 is 19.4 Å². The Bertz CT molecular complexity index is 1000. The third-order valence-corrected chi connectivity index (χ3v) is 6.51. The molecule has 1 aromatic heterocycles. The zero-order chi connectivity index (χ0) is 21.4. The van der Waals surface area contributed by atoms with E-state index in [0.717, 1.165) is 17.7 Å². The van der Waals surface area contributed by atoms with Crippen molar-refractivity contribution in [2.75, 3.05) is 27.4 Å². The van der Waals surface area contributed by atoms with Crippen molar-refractivity contribution in [3.05, 3.63) is 52.4 Å². The fourth-order valence-corrected chi connectivity index (χ4v) is 5.28. The van der Waals surface area contributed by atoms with Gasteiger partial charge in [0.15, 0.2) is 0 Å². The summed E-state index contributed by atoms with van der Waals surface area (Å²) >= 11 is 0. The van der Waals surface area contributed by atoms with E-state index in [2.05, 4.69) is 11.8 Å². The van der Waals surface area contributed by atoms with Gasteiger partial charge in [0, 0.05) is 36.2 Å². The third kappa shape index (κ3) is 3.04. The van der Waals surface area contributed by atoms with E-state index >= 15 is 0 Å². The third-order valence-electron chi connectivity index (χ3n) is 6.51. The fraction of sp³-hybridized carbons (Fsp3) is 0.478. The molecule has 0 unspecified atom stereocenters. The number of aromatic nitrogens is 1. The van der Waals surface area contributed by atoms with Crippen molar-refractivity contribution in [1.82, 2.24) is 9.47 Å². The molecule has 0 aliphatic carbocycles. The lowest BCUT2D eigenvalue weighted by molar-refractivity contribution is -0.148. The van der Waals surface area contributed by atoms with E-state index in [1.807, 2.05) is 36.4 Å². The number of hydrogen-bond donors (Lipinski definition) is 1. The molecule has 3 heterocycles. The van der Waals surface area contributed by atoms with Crippen LogP contribution in [0, 0.1) is 11.8 Å². The van der Waals surface area contributed by atoms with Gasteiger partial charge in [0.1, 0.15) is 11.8 Å². The second-order valence-electron chi connectivity index (χ2n) is 7.95. The monoisotopic (exact) mass is 412 g/mol. The highest BCUT2D eigenvalue weighted by Crippen LogP contribution is 2.49. The SMILES string of the molecule is CCCN1[C@H](C(=O)OC)[C@@H](CO)[C@@H]2Cn3c(ccc(-c4ccccc4OC)c3=O)[C@@H]21. The predicted octanol–water partition coefficient (Wildman–Crippen LogP) is 2.07. The number of para-hydroxylation sites is 1. The van der Waals surface area contributed by atoms with Gasteiger partial charge in [-0.3, -0.25) is 14.5 Å². The number of ether oxygens (including phenoxy) is 2. The van der Waals surface area contributed by atoms with Crippen LogP contribution in [0.2, 0.25) is 0 Å². The lowest BCUT2D eigenvalue weighted by Crippen LogP contribution is -2.43. The van der Waals surface area contributed by atoms with Crippen molar-refractivity contribution in [3.63, 3.8) is 0 Å². The number of hydrogen-bond acceptors (Lipinski definition) is 6. The minimum atomic E-state index is -0.493. The van der Waals surface area contributed by atoms with Crippen LogP contribution in [-0.2, 0) is 16.1 Å². The molecule has 4 atom stereocenters. The number of carbonyl (C=O) groups is 1. The highest BCUT2D eigenvalue weighted by Gasteiger charge is 2.55. The molecule has 0 bridgehead atoms. The largest absolute Gasteiger partial charge is 0.496 e. The zero-order valence-electron chi connectivity index (χ0n) is 17.6. The summed E-state index contributed by atoms with van der Waals surface area (Å²) in [5.41, 5.74) is 2.16. The summed E-state index contributed by atoms with van der Waals surface area (Å²) in [7, 11) is 2.97. The second-order valence-corrected chi connectivity index (χ2v) is 7.95. The van der Waals surface area contributed by atoms with E-state index in [4.69, 9.17) is 9.47 Å². The maximum Gasteiger partial charge on any atom is 0.323 e. The minimum Gasteiger partial charge on any atom is -0.496 e. The Morgan fingerprint density at radius 1 is 1.17 bits per heavy atom. The van der Waals surface area contributed by atoms with Crippen LogP contribution in [0.25, 0.3) is 11.1 Å². The number of nitrogens with zero attached hydrogens (tertiary/aromatic N) is 2. The van der Waals surface area contributed by atoms with Crippen LogP contribution in [0.15, 0.2) is 41.2 Å². The Labute approximate surface area is 175 Å². The number of fused-ring (bicyclic) bond motifs is 3. The number of carbonyl (C=O) groups excluding carboxylic acids is 1. The van der Waals surface area contributed by atoms with Crippen molar-refractivity contribution in [1.29, 1.82) is 0 Å². The molecule has 1 aromatic carbocycles. The van der Waals surface area contributed by atoms with Crippen molar-refractivity contribution in [3.8, 4) is 16.9 Å². The molecule has 0 radical (unpaired) electrons. The number of methoxy groups -OCH3 is 2. The number of aliphatic hydroxyl groups excluding tert-OH is 1. The van der Waals surface area contributed by atoms with E-state index in [1.165, 1.54) is 7.11 Å². The maximum atomic E-state index is 13.4. The number of esters is 1. The number of likely N-dealkylation sites (tertiary alicyclic amines) is 1. The van der Waals surface area contributed by atoms with Crippen LogP contribution in [0.4, 0.5) is 0 Å². The van der Waals surface area contributed by atoms with Crippen molar-refractivity contribution >= 4 is 5.97 Å². The number of rotatable bonds is 6. The molecular weight excluding hydrogens is 384 g/mol. The molecule has 4 rings (SSSR count). The van der Waals surface area contributed by atoms with Crippen LogP contribution in [0.1, 0.15) is 25.1 Å². The van der Waals surface area contributed by atoms with Crippen LogP contribution in [0.3, 0.4) is 0 Å². The first kappa shape index (κ1) is 20.6. The Kier molecular flexibility index (Phi) is 5.66. The van der Waals surface area contributed by atoms with E-state index < -0.39 is 6.04 Å². The van der Waals surface area contributed by atoms with Gasteiger partial charge >= 0.3 is 5.97 Å². The topological polar surface area (TPSA) is 81.0 Å². The molecule has 2 aliphatic rings. The quantitative estimate of drug-likeness (QED) is 0.732. The van der Waals surface area contributed by atoms with Gasteiger partial charge in [-0.15, -0.1) is 0 Å². The molecule has 7 nitrogen and oxygen atoms in total. The van der Waals surface area contributed by atoms with Gasteiger partial charge < -0.3 is 19.1 Å². The van der Waals surface area contributed by atoms with Crippen LogP contribution >= 0.6 is 0 Å². The van der Waals surface area contributed by atoms with E-state index in [0.29, 0.717) is 24.4 Å². The van der Waals surface area contributed by atoms with Gasteiger partial charge in [0.25, 0.3) is 5.56 Å². The molecule has 7 heteroatoms. The maximum absolute atomic E-state index is 13.4. The number of aliphatic hydroxyl groups is 1. The molecule has 1 N–H and O–H groups in total. The molecule has 2 aromatic rings. The van der Waals surface area contributed by atoms with Crippen LogP contribution in [0.5, 0.6) is 5.75 Å². The minimum absolute atomic E-state index is 0.0220. The smallest absolute Gasteiger partial charge is 0.323 e. The van der Waals surface area contributed by atoms with Gasteiger partial charge in [-0.25, -0.2) is 0 Å². The van der Waals surface area contributed by atoms with Gasteiger partial charge in [-0.05, 0) is 31.2 Å². The number of pyridine rings is 1. The summed E-state index contributed by atoms with van der Waals surface area (Å²) in [6.45, 7) is 3.10. The number of benzene rings is 1. The second kappa shape index (κ2) is 8.24. The molecule has 0 saturated carbocycles. The normalized spacial score (nSPS) is 25.1. The van der Waals surface area contributed by atoms with E-state index in [-0.39, 0.29) is 36.0 Å².